The summed E-state index contributed by atoms with van der Waals surface area (Å²) in [6.07, 6.45) is 1.33. The maximum atomic E-state index is 3.42. The summed E-state index contributed by atoms with van der Waals surface area (Å²) in [5, 5.41) is 3.42. The van der Waals surface area contributed by atoms with E-state index in [1.54, 1.807) is 0 Å². The van der Waals surface area contributed by atoms with Gasteiger partial charge in [-0.2, -0.15) is 0 Å². The zero-order valence-corrected chi connectivity index (χ0v) is 7.90. The second-order valence-electron chi connectivity index (χ2n) is 3.58. The van der Waals surface area contributed by atoms with Crippen LogP contribution < -0.4 is 5.32 Å². The van der Waals surface area contributed by atoms with Gasteiger partial charge in [0.05, 0.1) is 26.2 Å². The molecule has 1 aliphatic rings. The van der Waals surface area contributed by atoms with E-state index in [2.05, 4.69) is 19.2 Å². The predicted octanol–water partition coefficient (Wildman–Crippen LogP) is 0.836. The first kappa shape index (κ1) is 9.01. The highest BCUT2D eigenvalue weighted by Gasteiger charge is 2.25. The summed E-state index contributed by atoms with van der Waals surface area (Å²) in [6, 6.07) is 0. The van der Waals surface area contributed by atoms with Gasteiger partial charge in [-0.15, -0.1) is 0 Å². The molecule has 1 saturated heterocycles. The molecule has 2 nitrogen and oxygen atoms in total. The lowest BCUT2D eigenvalue weighted by atomic mass is 10.2. The van der Waals surface area contributed by atoms with Crippen LogP contribution in [0.3, 0.4) is 0 Å². The number of hydrogen-bond donors (Lipinski definition) is 1. The SMILES string of the molecule is CCC[N+]1(CC)CCNCC1. The minimum atomic E-state index is 1.22. The molecule has 0 amide bonds. The van der Waals surface area contributed by atoms with Crippen LogP contribution in [0.25, 0.3) is 0 Å². The molecule has 2 heteroatoms. The maximum Gasteiger partial charge on any atom is 0.0913 e. The molecular weight excluding hydrogens is 136 g/mol. The summed E-state index contributed by atoms with van der Waals surface area (Å²) in [7, 11) is 0. The molecule has 0 saturated carbocycles. The van der Waals surface area contributed by atoms with Gasteiger partial charge in [-0.1, -0.05) is 6.92 Å². The summed E-state index contributed by atoms with van der Waals surface area (Å²) >= 11 is 0. The third-order valence-corrected chi connectivity index (χ3v) is 2.89. The lowest BCUT2D eigenvalue weighted by Gasteiger charge is -2.40. The van der Waals surface area contributed by atoms with Gasteiger partial charge in [-0.05, 0) is 13.3 Å². The van der Waals surface area contributed by atoms with Gasteiger partial charge in [-0.3, -0.25) is 0 Å². The van der Waals surface area contributed by atoms with E-state index in [4.69, 9.17) is 0 Å². The van der Waals surface area contributed by atoms with Crippen molar-refractivity contribution in [2.24, 2.45) is 0 Å². The largest absolute Gasteiger partial charge is 0.322 e. The quantitative estimate of drug-likeness (QED) is 0.599. The highest BCUT2D eigenvalue weighted by Crippen LogP contribution is 2.08. The molecule has 1 heterocycles. The van der Waals surface area contributed by atoms with Crippen molar-refractivity contribution < 1.29 is 4.48 Å². The molecule has 66 valence electrons. The van der Waals surface area contributed by atoms with Crippen molar-refractivity contribution in [1.82, 2.24) is 5.32 Å². The van der Waals surface area contributed by atoms with E-state index in [9.17, 15) is 0 Å². The molecule has 1 fully saturated rings. The van der Waals surface area contributed by atoms with Crippen LogP contribution in [0.15, 0.2) is 0 Å². The lowest BCUT2D eigenvalue weighted by molar-refractivity contribution is -0.928. The van der Waals surface area contributed by atoms with Gasteiger partial charge in [0.15, 0.2) is 0 Å². The molecule has 1 rings (SSSR count). The van der Waals surface area contributed by atoms with Crippen LogP contribution in [0.1, 0.15) is 20.3 Å². The third kappa shape index (κ3) is 2.17. The molecule has 0 aromatic heterocycles. The van der Waals surface area contributed by atoms with Crippen LogP contribution in [-0.4, -0.2) is 43.8 Å². The first-order chi connectivity index (χ1) is 5.33. The minimum Gasteiger partial charge on any atom is -0.322 e. The Morgan fingerprint density at radius 2 is 1.82 bits per heavy atom. The number of rotatable bonds is 3. The van der Waals surface area contributed by atoms with Crippen molar-refractivity contribution in [3.05, 3.63) is 0 Å². The Labute approximate surface area is 70.2 Å². The first-order valence-electron chi connectivity index (χ1n) is 4.89. The highest BCUT2D eigenvalue weighted by atomic mass is 15.4. The molecule has 11 heavy (non-hydrogen) atoms. The van der Waals surface area contributed by atoms with Crippen LogP contribution in [0.5, 0.6) is 0 Å². The molecule has 1 aliphatic heterocycles. The van der Waals surface area contributed by atoms with E-state index in [0.29, 0.717) is 0 Å². The zero-order valence-electron chi connectivity index (χ0n) is 7.90. The number of hydrogen-bond acceptors (Lipinski definition) is 1. The topological polar surface area (TPSA) is 12.0 Å². The molecule has 1 N–H and O–H groups in total. The van der Waals surface area contributed by atoms with Crippen molar-refractivity contribution >= 4 is 0 Å². The van der Waals surface area contributed by atoms with Gasteiger partial charge in [0.25, 0.3) is 0 Å². The van der Waals surface area contributed by atoms with E-state index in [1.165, 1.54) is 50.2 Å². The highest BCUT2D eigenvalue weighted by molar-refractivity contribution is 4.56. The van der Waals surface area contributed by atoms with Crippen LogP contribution in [0, 0.1) is 0 Å². The number of likely N-dealkylation sites (N-methyl/N-ethyl adjacent to an activating group) is 1. The van der Waals surface area contributed by atoms with Gasteiger partial charge in [0, 0.05) is 13.1 Å². The summed E-state index contributed by atoms with van der Waals surface area (Å²) < 4.78 is 1.35. The van der Waals surface area contributed by atoms with Crippen molar-refractivity contribution in [1.29, 1.82) is 0 Å². The van der Waals surface area contributed by atoms with Crippen LogP contribution in [0.2, 0.25) is 0 Å². The number of quaternary nitrogens is 1. The van der Waals surface area contributed by atoms with Gasteiger partial charge < -0.3 is 9.80 Å². The second kappa shape index (κ2) is 4.07. The number of piperazine rings is 1. The fourth-order valence-corrected chi connectivity index (χ4v) is 2.04. The molecule has 0 spiro atoms. The predicted molar refractivity (Wildman–Crippen MR) is 48.6 cm³/mol. The Morgan fingerprint density at radius 1 is 1.18 bits per heavy atom. The Kier molecular flexibility index (Phi) is 3.34. The van der Waals surface area contributed by atoms with Crippen LogP contribution in [-0.2, 0) is 0 Å². The van der Waals surface area contributed by atoms with Gasteiger partial charge in [-0.25, -0.2) is 0 Å². The summed E-state index contributed by atoms with van der Waals surface area (Å²) in [5.41, 5.74) is 0. The Morgan fingerprint density at radius 3 is 2.27 bits per heavy atom. The Balaban J connectivity index is 2.42. The summed E-state index contributed by atoms with van der Waals surface area (Å²) in [4.78, 5) is 0. The summed E-state index contributed by atoms with van der Waals surface area (Å²) in [6.45, 7) is 12.4. The lowest BCUT2D eigenvalue weighted by Crippen LogP contribution is -2.58. The first-order valence-corrected chi connectivity index (χ1v) is 4.89. The normalized spacial score (nSPS) is 23.5. The van der Waals surface area contributed by atoms with Crippen molar-refractivity contribution in [3.8, 4) is 0 Å². The monoisotopic (exact) mass is 157 g/mol. The van der Waals surface area contributed by atoms with E-state index < -0.39 is 0 Å². The Hall–Kier alpha value is -0.0800. The fraction of sp³-hybridized carbons (Fsp3) is 1.00. The third-order valence-electron chi connectivity index (χ3n) is 2.89. The van der Waals surface area contributed by atoms with E-state index in [0.717, 1.165) is 0 Å². The molecule has 0 radical (unpaired) electrons. The van der Waals surface area contributed by atoms with Crippen molar-refractivity contribution in [3.63, 3.8) is 0 Å². The molecule has 0 aromatic carbocycles. The van der Waals surface area contributed by atoms with Crippen molar-refractivity contribution in [2.45, 2.75) is 20.3 Å². The molecule has 0 unspecified atom stereocenters. The van der Waals surface area contributed by atoms with Crippen LogP contribution in [0.4, 0.5) is 0 Å². The Bertz CT molecular complexity index is 101. The average Bonchev–Trinajstić information content (AvgIpc) is 2.07. The van der Waals surface area contributed by atoms with Gasteiger partial charge in [0.1, 0.15) is 0 Å². The van der Waals surface area contributed by atoms with E-state index in [-0.39, 0.29) is 0 Å². The van der Waals surface area contributed by atoms with Crippen LogP contribution >= 0.6 is 0 Å². The summed E-state index contributed by atoms with van der Waals surface area (Å²) in [5.74, 6) is 0. The molecule has 0 bridgehead atoms. The molecular formula is C9H21N2+. The second-order valence-corrected chi connectivity index (χ2v) is 3.58. The van der Waals surface area contributed by atoms with E-state index >= 15 is 0 Å². The molecule has 0 aliphatic carbocycles. The van der Waals surface area contributed by atoms with E-state index in [1.807, 2.05) is 0 Å². The maximum absolute atomic E-state index is 3.42. The standard InChI is InChI=1S/C9H21N2/c1-3-7-11(4-2)8-5-10-6-9-11/h10H,3-9H2,1-2H3/q+1. The number of nitrogens with one attached hydrogen (secondary N) is 1. The van der Waals surface area contributed by atoms with Gasteiger partial charge >= 0.3 is 0 Å². The fourth-order valence-electron chi connectivity index (χ4n) is 2.04. The molecule has 0 atom stereocenters. The zero-order chi connectivity index (χ0) is 8.16. The molecule has 0 aromatic rings. The average molecular weight is 157 g/mol. The number of nitrogens with zero attached hydrogens (tertiary/aromatic N) is 1. The smallest absolute Gasteiger partial charge is 0.0913 e. The minimum absolute atomic E-state index is 1.22. The van der Waals surface area contributed by atoms with Crippen molar-refractivity contribution in [2.75, 3.05) is 39.3 Å². The van der Waals surface area contributed by atoms with Gasteiger partial charge in [0.2, 0.25) is 0 Å².